The van der Waals surface area contributed by atoms with Crippen LogP contribution in [0.4, 0.5) is 0 Å². The molecule has 1 saturated carbocycles. The summed E-state index contributed by atoms with van der Waals surface area (Å²) in [6.07, 6.45) is 5.86. The summed E-state index contributed by atoms with van der Waals surface area (Å²) in [5.74, 6) is -0.104. The Kier molecular flexibility index (Phi) is 6.45. The van der Waals surface area contributed by atoms with Gasteiger partial charge < -0.3 is 20.7 Å². The smallest absolute Gasteiger partial charge is 0.260 e. The van der Waals surface area contributed by atoms with Crippen molar-refractivity contribution in [3.63, 3.8) is 0 Å². The number of hydrogen-bond acceptors (Lipinski definition) is 4. The minimum absolute atomic E-state index is 0.00936. The molecule has 2 atom stereocenters. The van der Waals surface area contributed by atoms with E-state index in [4.69, 9.17) is 10.5 Å². The molecular weight excluding hydrogens is 370 g/mol. The van der Waals surface area contributed by atoms with E-state index in [0.29, 0.717) is 11.3 Å². The van der Waals surface area contributed by atoms with E-state index < -0.39 is 11.4 Å². The van der Waals surface area contributed by atoms with Crippen molar-refractivity contribution >= 4 is 17.7 Å². The van der Waals surface area contributed by atoms with Crippen LogP contribution >= 0.6 is 0 Å². The maximum atomic E-state index is 12.6. The van der Waals surface area contributed by atoms with E-state index in [-0.39, 0.29) is 36.9 Å². The van der Waals surface area contributed by atoms with Crippen molar-refractivity contribution in [1.82, 2.24) is 10.2 Å². The molecule has 2 aliphatic rings. The van der Waals surface area contributed by atoms with Gasteiger partial charge in [0.05, 0.1) is 0 Å². The number of nitrogens with one attached hydrogen (secondary N) is 1. The number of likely N-dealkylation sites (tertiary alicyclic amines) is 1. The molecule has 29 heavy (non-hydrogen) atoms. The molecule has 0 radical (unpaired) electrons. The molecule has 0 unspecified atom stereocenters. The highest BCUT2D eigenvalue weighted by atomic mass is 16.5. The van der Waals surface area contributed by atoms with Crippen LogP contribution in [-0.4, -0.2) is 46.9 Å². The molecule has 7 nitrogen and oxygen atoms in total. The predicted molar refractivity (Wildman–Crippen MR) is 109 cm³/mol. The molecule has 1 aliphatic carbocycles. The van der Waals surface area contributed by atoms with Crippen LogP contribution in [0.1, 0.15) is 69.2 Å². The Morgan fingerprint density at radius 1 is 1.10 bits per heavy atom. The number of amides is 3. The zero-order chi connectivity index (χ0) is 21.0. The van der Waals surface area contributed by atoms with Crippen LogP contribution in [0, 0.1) is 0 Å². The molecule has 7 heteroatoms. The van der Waals surface area contributed by atoms with Gasteiger partial charge in [-0.25, -0.2) is 0 Å². The molecule has 1 aromatic carbocycles. The second-order valence-electron chi connectivity index (χ2n) is 8.47. The lowest BCUT2D eigenvalue weighted by atomic mass is 9.74. The van der Waals surface area contributed by atoms with Crippen LogP contribution in [0.5, 0.6) is 5.75 Å². The Bertz CT molecular complexity index is 748. The van der Waals surface area contributed by atoms with Crippen molar-refractivity contribution in [2.24, 2.45) is 5.73 Å². The zero-order valence-electron chi connectivity index (χ0n) is 17.3. The molecule has 3 amide bonds. The average molecular weight is 402 g/mol. The summed E-state index contributed by atoms with van der Waals surface area (Å²) >= 11 is 0. The third kappa shape index (κ3) is 5.08. The van der Waals surface area contributed by atoms with Crippen molar-refractivity contribution in [3.8, 4) is 5.75 Å². The van der Waals surface area contributed by atoms with Crippen molar-refractivity contribution in [3.05, 3.63) is 29.8 Å². The maximum absolute atomic E-state index is 12.6. The Balaban J connectivity index is 1.54. The number of rotatable bonds is 7. The van der Waals surface area contributed by atoms with Gasteiger partial charge in [0.1, 0.15) is 5.75 Å². The summed E-state index contributed by atoms with van der Waals surface area (Å²) in [6, 6.07) is 7.18. The lowest BCUT2D eigenvalue weighted by Gasteiger charge is -2.41. The molecule has 0 spiro atoms. The van der Waals surface area contributed by atoms with Gasteiger partial charge in [0.25, 0.3) is 11.8 Å². The van der Waals surface area contributed by atoms with Crippen LogP contribution in [-0.2, 0) is 9.59 Å². The third-order valence-electron chi connectivity index (χ3n) is 6.16. The number of nitrogens with zero attached hydrogens (tertiary/aromatic N) is 1. The van der Waals surface area contributed by atoms with E-state index in [1.807, 2.05) is 4.90 Å². The Morgan fingerprint density at radius 3 is 2.24 bits per heavy atom. The number of primary amides is 1. The van der Waals surface area contributed by atoms with Gasteiger partial charge in [0.15, 0.2) is 6.61 Å². The van der Waals surface area contributed by atoms with Crippen molar-refractivity contribution < 1.29 is 19.1 Å². The van der Waals surface area contributed by atoms with Gasteiger partial charge in [-0.05, 0) is 76.6 Å². The number of benzene rings is 1. The van der Waals surface area contributed by atoms with Crippen molar-refractivity contribution in [2.45, 2.75) is 76.4 Å². The molecular formula is C22H31N3O4. The Morgan fingerprint density at radius 2 is 1.72 bits per heavy atom. The normalized spacial score (nSPS) is 23.0. The highest BCUT2D eigenvalue weighted by Crippen LogP contribution is 2.35. The molecule has 1 saturated heterocycles. The van der Waals surface area contributed by atoms with Crippen LogP contribution in [0.2, 0.25) is 0 Å². The summed E-state index contributed by atoms with van der Waals surface area (Å²) in [7, 11) is 0. The summed E-state index contributed by atoms with van der Waals surface area (Å²) in [6.45, 7) is 4.14. The largest absolute Gasteiger partial charge is 0.484 e. The quantitative estimate of drug-likeness (QED) is 0.732. The molecule has 1 aromatic rings. The summed E-state index contributed by atoms with van der Waals surface area (Å²) in [4.78, 5) is 38.3. The fourth-order valence-corrected chi connectivity index (χ4v) is 4.43. The molecule has 3 N–H and O–H groups in total. The van der Waals surface area contributed by atoms with Gasteiger partial charge >= 0.3 is 0 Å². The second-order valence-corrected chi connectivity index (χ2v) is 8.47. The van der Waals surface area contributed by atoms with Gasteiger partial charge in [-0.3, -0.25) is 14.4 Å². The highest BCUT2D eigenvalue weighted by Gasteiger charge is 2.39. The summed E-state index contributed by atoms with van der Waals surface area (Å²) in [5.41, 5.74) is 5.29. The number of ether oxygens (including phenoxy) is 1. The first-order chi connectivity index (χ1) is 13.8. The van der Waals surface area contributed by atoms with E-state index in [1.165, 1.54) is 0 Å². The van der Waals surface area contributed by atoms with Crippen LogP contribution < -0.4 is 15.8 Å². The van der Waals surface area contributed by atoms with Gasteiger partial charge in [-0.1, -0.05) is 0 Å². The molecule has 0 bridgehead atoms. The van der Waals surface area contributed by atoms with Crippen molar-refractivity contribution in [1.29, 1.82) is 0 Å². The first kappa shape index (κ1) is 21.1. The highest BCUT2D eigenvalue weighted by molar-refractivity contribution is 5.95. The van der Waals surface area contributed by atoms with Gasteiger partial charge in [0, 0.05) is 29.6 Å². The first-order valence-corrected chi connectivity index (χ1v) is 10.4. The fraction of sp³-hybridized carbons (Fsp3) is 0.591. The van der Waals surface area contributed by atoms with Crippen molar-refractivity contribution in [2.75, 3.05) is 6.61 Å². The predicted octanol–water partition coefficient (Wildman–Crippen LogP) is 2.38. The molecule has 2 fully saturated rings. The number of carbonyl (C=O) groups is 3. The van der Waals surface area contributed by atoms with Gasteiger partial charge in [-0.2, -0.15) is 0 Å². The Labute approximate surface area is 172 Å². The number of nitrogens with two attached hydrogens (primary N) is 1. The minimum atomic E-state index is -0.508. The summed E-state index contributed by atoms with van der Waals surface area (Å²) in [5, 5.41) is 2.96. The van der Waals surface area contributed by atoms with Crippen LogP contribution in [0.3, 0.4) is 0 Å². The zero-order valence-corrected chi connectivity index (χ0v) is 17.3. The number of hydrogen-bond donors (Lipinski definition) is 2. The molecule has 1 heterocycles. The molecule has 0 aromatic heterocycles. The van der Waals surface area contributed by atoms with E-state index in [0.717, 1.165) is 38.5 Å². The van der Waals surface area contributed by atoms with Crippen LogP contribution in [0.15, 0.2) is 24.3 Å². The molecule has 1 aliphatic heterocycles. The average Bonchev–Trinajstić information content (AvgIpc) is 2.64. The van der Waals surface area contributed by atoms with E-state index in [9.17, 15) is 14.4 Å². The van der Waals surface area contributed by atoms with Gasteiger partial charge in [-0.15, -0.1) is 0 Å². The van der Waals surface area contributed by atoms with E-state index in [2.05, 4.69) is 19.2 Å². The lowest BCUT2D eigenvalue weighted by molar-refractivity contribution is -0.139. The third-order valence-corrected chi connectivity index (χ3v) is 6.16. The SMILES string of the molecule is C[C@@H]1CCC[C@@H](C)N1C(=O)COc1ccc(C(=O)NC2(CC(N)=O)CCC2)cc1. The maximum Gasteiger partial charge on any atom is 0.260 e. The van der Waals surface area contributed by atoms with Gasteiger partial charge in [0.2, 0.25) is 5.91 Å². The standard InChI is InChI=1S/C22H31N3O4/c1-15-5-3-6-16(2)25(15)20(27)14-29-18-9-7-17(8-10-18)21(28)24-22(11-4-12-22)13-19(23)26/h7-10,15-16H,3-6,11-14H2,1-2H3,(H2,23,26)(H,24,28)/t15-,16-/m1/s1. The molecule has 158 valence electrons. The summed E-state index contributed by atoms with van der Waals surface area (Å²) < 4.78 is 5.65. The monoisotopic (exact) mass is 401 g/mol. The Hall–Kier alpha value is -2.57. The minimum Gasteiger partial charge on any atom is -0.484 e. The fourth-order valence-electron chi connectivity index (χ4n) is 4.43. The number of piperidine rings is 1. The topological polar surface area (TPSA) is 102 Å². The number of carbonyl (C=O) groups excluding carboxylic acids is 3. The second kappa shape index (κ2) is 8.84. The van der Waals surface area contributed by atoms with E-state index in [1.54, 1.807) is 24.3 Å². The van der Waals surface area contributed by atoms with E-state index >= 15 is 0 Å². The molecule has 3 rings (SSSR count). The van der Waals surface area contributed by atoms with Crippen LogP contribution in [0.25, 0.3) is 0 Å². The first-order valence-electron chi connectivity index (χ1n) is 10.4. The lowest BCUT2D eigenvalue weighted by Crippen LogP contribution is -2.55.